The number of esters is 1. The van der Waals surface area contributed by atoms with Gasteiger partial charge in [0.1, 0.15) is 18.2 Å². The summed E-state index contributed by atoms with van der Waals surface area (Å²) in [6.45, 7) is 1.85. The molecule has 2 N–H and O–H groups in total. The summed E-state index contributed by atoms with van der Waals surface area (Å²) in [4.78, 5) is 41.8. The molecule has 1 aromatic carbocycles. The van der Waals surface area contributed by atoms with Crippen LogP contribution in [-0.4, -0.2) is 65.9 Å². The maximum Gasteiger partial charge on any atom is 0.339 e. The van der Waals surface area contributed by atoms with E-state index in [2.05, 4.69) is 41.0 Å². The number of nitrogens with one attached hydrogen (secondary N) is 2. The Morgan fingerprint density at radius 3 is 2.65 bits per heavy atom. The van der Waals surface area contributed by atoms with Gasteiger partial charge in [0.05, 0.1) is 29.1 Å². The van der Waals surface area contributed by atoms with Gasteiger partial charge in [0.2, 0.25) is 11.8 Å². The third-order valence-corrected chi connectivity index (χ3v) is 6.05. The predicted molar refractivity (Wildman–Crippen MR) is 141 cm³/mol. The number of anilines is 1. The lowest BCUT2D eigenvalue weighted by Crippen LogP contribution is -2.45. The molecule has 15 heteroatoms. The molecule has 0 aliphatic heterocycles. The highest BCUT2D eigenvalue weighted by molar-refractivity contribution is 6.31. The number of pyridine rings is 1. The molecule has 0 spiro atoms. The Balaban J connectivity index is 1.55. The monoisotopic (exact) mass is 567 g/mol. The van der Waals surface area contributed by atoms with Crippen LogP contribution in [0.3, 0.4) is 0 Å². The highest BCUT2D eigenvalue weighted by Crippen LogP contribution is 2.25. The fourth-order valence-corrected chi connectivity index (χ4v) is 3.80. The number of benzene rings is 1. The van der Waals surface area contributed by atoms with E-state index in [4.69, 9.17) is 11.6 Å². The van der Waals surface area contributed by atoms with E-state index in [1.54, 1.807) is 17.8 Å². The first-order valence-corrected chi connectivity index (χ1v) is 12.1. The molecule has 1 atom stereocenters. The fourth-order valence-electron chi connectivity index (χ4n) is 3.64. The molecular formula is C25H23ClFN9O4. The number of aryl methyl sites for hydroxylation is 2. The predicted octanol–water partition coefficient (Wildman–Crippen LogP) is 2.06. The molecule has 3 heterocycles. The van der Waals surface area contributed by atoms with Crippen LogP contribution in [0, 0.1) is 12.7 Å². The minimum Gasteiger partial charge on any atom is -0.465 e. The molecular weight excluding hydrogens is 545 g/mol. The van der Waals surface area contributed by atoms with E-state index in [9.17, 15) is 18.8 Å². The first-order chi connectivity index (χ1) is 19.2. The fraction of sp³-hybridized carbons (Fsp3) is 0.200. The Labute approximate surface area is 232 Å². The molecule has 3 aromatic heterocycles. The summed E-state index contributed by atoms with van der Waals surface area (Å²) in [5.74, 6) is -2.49. The summed E-state index contributed by atoms with van der Waals surface area (Å²) in [5.41, 5.74) is 1.82. The van der Waals surface area contributed by atoms with E-state index in [0.29, 0.717) is 5.69 Å². The van der Waals surface area contributed by atoms with E-state index in [1.807, 2.05) is 6.92 Å². The zero-order chi connectivity index (χ0) is 28.8. The molecule has 40 heavy (non-hydrogen) atoms. The van der Waals surface area contributed by atoms with Gasteiger partial charge in [0, 0.05) is 37.0 Å². The van der Waals surface area contributed by atoms with Crippen LogP contribution in [0.2, 0.25) is 5.02 Å². The van der Waals surface area contributed by atoms with Gasteiger partial charge >= 0.3 is 5.97 Å². The van der Waals surface area contributed by atoms with Gasteiger partial charge < -0.3 is 15.4 Å². The summed E-state index contributed by atoms with van der Waals surface area (Å²) >= 11 is 5.94. The number of halogens is 2. The number of amides is 2. The van der Waals surface area contributed by atoms with E-state index >= 15 is 0 Å². The number of aromatic nitrogens is 7. The standard InChI is InChI=1S/C25H23ClFN9O4/c1-14-10-16(32-35(14)2)11-19(24(38)31-21-8-4-15(12-28-21)25(39)40-3)30-22(37)9-5-17-20(36-13-29-33-34-36)7-6-18(26)23(17)27/h4-10,12-13,19H,11H2,1-3H3,(H,30,37)(H,28,31,38). The Bertz CT molecular complexity index is 1550. The Morgan fingerprint density at radius 1 is 1.23 bits per heavy atom. The van der Waals surface area contributed by atoms with E-state index < -0.39 is 29.6 Å². The number of carbonyl (C=O) groups excluding carboxylic acids is 3. The SMILES string of the molecule is COC(=O)c1ccc(NC(=O)C(Cc2cc(C)n(C)n2)NC(=O)C=Cc2c(-n3cnnn3)ccc(Cl)c2F)nc1. The number of hydrogen-bond acceptors (Lipinski definition) is 9. The summed E-state index contributed by atoms with van der Waals surface area (Å²) in [6, 6.07) is 6.40. The van der Waals surface area contributed by atoms with Gasteiger partial charge in [-0.05, 0) is 53.8 Å². The number of rotatable bonds is 9. The molecule has 4 rings (SSSR count). The van der Waals surface area contributed by atoms with Gasteiger partial charge in [0.25, 0.3) is 0 Å². The molecule has 0 saturated carbocycles. The first kappa shape index (κ1) is 28.0. The van der Waals surface area contributed by atoms with Gasteiger partial charge in [0.15, 0.2) is 5.82 Å². The highest BCUT2D eigenvalue weighted by Gasteiger charge is 2.23. The van der Waals surface area contributed by atoms with E-state index in [-0.39, 0.29) is 34.1 Å². The van der Waals surface area contributed by atoms with Crippen molar-refractivity contribution < 1.29 is 23.5 Å². The zero-order valence-corrected chi connectivity index (χ0v) is 22.3. The molecule has 2 amide bonds. The number of ether oxygens (including phenoxy) is 1. The molecule has 0 aliphatic carbocycles. The molecule has 4 aromatic rings. The van der Waals surface area contributed by atoms with Crippen molar-refractivity contribution in [1.29, 1.82) is 0 Å². The lowest BCUT2D eigenvalue weighted by Gasteiger charge is -2.17. The zero-order valence-electron chi connectivity index (χ0n) is 21.5. The van der Waals surface area contributed by atoms with E-state index in [0.717, 1.165) is 11.8 Å². The first-order valence-electron chi connectivity index (χ1n) is 11.7. The molecule has 0 radical (unpaired) electrons. The van der Waals surface area contributed by atoms with Crippen molar-refractivity contribution in [3.05, 3.63) is 82.3 Å². The molecule has 0 fully saturated rings. The quantitative estimate of drug-likeness (QED) is 0.228. The smallest absolute Gasteiger partial charge is 0.339 e. The van der Waals surface area contributed by atoms with E-state index in [1.165, 1.54) is 54.7 Å². The van der Waals surface area contributed by atoms with Crippen molar-refractivity contribution in [3.63, 3.8) is 0 Å². The summed E-state index contributed by atoms with van der Waals surface area (Å²) < 4.78 is 22.4. The molecule has 206 valence electrons. The van der Waals surface area contributed by atoms with Gasteiger partial charge in [-0.3, -0.25) is 14.3 Å². The van der Waals surface area contributed by atoms with Crippen molar-refractivity contribution in [2.24, 2.45) is 7.05 Å². The van der Waals surface area contributed by atoms with Crippen LogP contribution < -0.4 is 10.6 Å². The Morgan fingerprint density at radius 2 is 2.02 bits per heavy atom. The van der Waals surface area contributed by atoms with Crippen molar-refractivity contribution in [1.82, 2.24) is 40.3 Å². The second-order valence-electron chi connectivity index (χ2n) is 8.46. The Kier molecular flexibility index (Phi) is 8.59. The third-order valence-electron chi connectivity index (χ3n) is 5.75. The van der Waals surface area contributed by atoms with Crippen molar-refractivity contribution >= 4 is 41.3 Å². The van der Waals surface area contributed by atoms with Crippen molar-refractivity contribution in [2.75, 3.05) is 12.4 Å². The lowest BCUT2D eigenvalue weighted by atomic mass is 10.1. The van der Waals surface area contributed by atoms with Crippen LogP contribution in [0.5, 0.6) is 0 Å². The van der Waals surface area contributed by atoms with Crippen LogP contribution in [0.15, 0.2) is 48.9 Å². The molecule has 0 saturated heterocycles. The van der Waals surface area contributed by atoms with Gasteiger partial charge in [-0.1, -0.05) is 11.6 Å². The minimum atomic E-state index is -1.09. The highest BCUT2D eigenvalue weighted by atomic mass is 35.5. The van der Waals surface area contributed by atoms with Gasteiger partial charge in [-0.2, -0.15) is 9.78 Å². The topological polar surface area (TPSA) is 159 Å². The molecule has 0 bridgehead atoms. The summed E-state index contributed by atoms with van der Waals surface area (Å²) in [7, 11) is 3.00. The van der Waals surface area contributed by atoms with Gasteiger partial charge in [-0.25, -0.2) is 14.2 Å². The molecule has 1 unspecified atom stereocenters. The average Bonchev–Trinajstić information content (AvgIpc) is 3.58. The van der Waals surface area contributed by atoms with Crippen molar-refractivity contribution in [3.8, 4) is 5.69 Å². The summed E-state index contributed by atoms with van der Waals surface area (Å²) in [6.07, 6.45) is 4.84. The second-order valence-corrected chi connectivity index (χ2v) is 8.87. The van der Waals surface area contributed by atoms with Crippen LogP contribution in [0.4, 0.5) is 10.2 Å². The normalized spacial score (nSPS) is 11.8. The van der Waals surface area contributed by atoms with Crippen molar-refractivity contribution in [2.45, 2.75) is 19.4 Å². The van der Waals surface area contributed by atoms with Crippen LogP contribution in [0.25, 0.3) is 11.8 Å². The number of nitrogens with zero attached hydrogens (tertiary/aromatic N) is 7. The molecule has 0 aliphatic rings. The summed E-state index contributed by atoms with van der Waals surface area (Å²) in [5, 5.41) is 20.3. The minimum absolute atomic E-state index is 0.0359. The Hall–Kier alpha value is -4.98. The van der Waals surface area contributed by atoms with Crippen LogP contribution in [0.1, 0.15) is 27.3 Å². The number of hydrogen-bond donors (Lipinski definition) is 2. The maximum absolute atomic E-state index is 14.9. The third kappa shape index (κ3) is 6.53. The largest absolute Gasteiger partial charge is 0.465 e. The van der Waals surface area contributed by atoms with Crippen LogP contribution >= 0.6 is 11.6 Å². The number of methoxy groups -OCH3 is 1. The van der Waals surface area contributed by atoms with Gasteiger partial charge in [-0.15, -0.1) is 5.10 Å². The maximum atomic E-state index is 14.9. The number of carbonyl (C=O) groups is 3. The second kappa shape index (κ2) is 12.3. The molecule has 13 nitrogen and oxygen atoms in total. The van der Waals surface area contributed by atoms with Crippen LogP contribution in [-0.2, 0) is 27.8 Å². The number of tetrazole rings is 1. The lowest BCUT2D eigenvalue weighted by molar-refractivity contribution is -0.123. The average molecular weight is 568 g/mol.